The van der Waals surface area contributed by atoms with Gasteiger partial charge >= 0.3 is 0 Å². The van der Waals surface area contributed by atoms with Crippen molar-refractivity contribution in [1.82, 2.24) is 60.8 Å². The molecule has 2 saturated carbocycles. The molecule has 2 aliphatic carbocycles. The first-order valence-corrected chi connectivity index (χ1v) is 52.3. The maximum absolute atomic E-state index is 6.16. The second-order valence-corrected chi connectivity index (χ2v) is 47.6. The molecule has 0 bridgehead atoms. The quantitative estimate of drug-likeness (QED) is 0.0454. The van der Waals surface area contributed by atoms with E-state index in [9.17, 15) is 0 Å². The van der Waals surface area contributed by atoms with Gasteiger partial charge in [-0.3, -0.25) is 0 Å². The molecule has 21 nitrogen and oxygen atoms in total. The van der Waals surface area contributed by atoms with Crippen molar-refractivity contribution in [2.45, 2.75) is 508 Å². The van der Waals surface area contributed by atoms with Crippen molar-refractivity contribution in [2.75, 3.05) is 129 Å². The van der Waals surface area contributed by atoms with E-state index in [-0.39, 0.29) is 85.1 Å². The third-order valence-electron chi connectivity index (χ3n) is 28.1. The number of nitrogens with one attached hydrogen (secondary N) is 3. The van der Waals surface area contributed by atoms with E-state index in [1.807, 2.05) is 0 Å². The topological polar surface area (TPSA) is 181 Å². The Morgan fingerprint density at radius 1 is 0.192 bits per heavy atom. The molecular formula is C104H197N21. The average molecular weight is 1740 g/mol. The van der Waals surface area contributed by atoms with Gasteiger partial charge < -0.3 is 60.0 Å². The molecule has 125 heavy (non-hydrogen) atoms. The standard InChI is InChI=1S/C104H197N21/c1-30-39-56-117(57-40-31-2)86-105-87(118(58-41-32-3)59-42-33-4)108-90(107-86)124(84-75-101(22,23)115-102(24,25)76-84)67-54-50-48-52-65-122(81-69-95(10,11)79-96(12,13)70-81)93-111-92(121(64-47-38-9)83-73-99(18,19)114-100(20,21)74-83)112-94(113-93)123(82-71-97(14,15)80-98(16,17)72-82)66-53-49-51-55-68-125(85-77-103(26,27)116-104(28,29)78-85)91-109-88(119(60-43-34-5)61-44-35-6)106-89(110-91)120(62-45-36-7)63-46-37-8/h81-85,114-116H,30-80H2,1-29H3. The van der Waals surface area contributed by atoms with Crippen molar-refractivity contribution >= 4 is 53.5 Å². The van der Waals surface area contributed by atoms with Gasteiger partial charge in [-0.15, -0.1) is 0 Å². The molecule has 8 rings (SSSR count). The van der Waals surface area contributed by atoms with Crippen molar-refractivity contribution in [2.24, 2.45) is 21.7 Å². The van der Waals surface area contributed by atoms with Gasteiger partial charge in [-0.2, -0.15) is 44.9 Å². The highest BCUT2D eigenvalue weighted by Gasteiger charge is 2.48. The van der Waals surface area contributed by atoms with E-state index in [0.29, 0.717) is 0 Å². The average Bonchev–Trinajstić information content (AvgIpc) is 0.777. The van der Waals surface area contributed by atoms with E-state index in [0.717, 1.165) is 370 Å². The Morgan fingerprint density at radius 2 is 0.336 bits per heavy atom. The van der Waals surface area contributed by atoms with Crippen LogP contribution in [0.15, 0.2) is 0 Å². The maximum Gasteiger partial charge on any atom is 0.232 e. The van der Waals surface area contributed by atoms with Gasteiger partial charge in [0.05, 0.1) is 0 Å². The van der Waals surface area contributed by atoms with Crippen LogP contribution in [0.4, 0.5) is 53.5 Å². The van der Waals surface area contributed by atoms with Crippen molar-refractivity contribution < 1.29 is 0 Å². The molecule has 6 heterocycles. The summed E-state index contributed by atoms with van der Waals surface area (Å²) in [7, 11) is 0. The fourth-order valence-corrected chi connectivity index (χ4v) is 24.2. The lowest BCUT2D eigenvalue weighted by atomic mass is 9.63. The Hall–Kier alpha value is -4.89. The molecule has 5 aliphatic rings. The third kappa shape index (κ3) is 33.4. The predicted molar refractivity (Wildman–Crippen MR) is 540 cm³/mol. The lowest BCUT2D eigenvalue weighted by molar-refractivity contribution is 0.0942. The minimum absolute atomic E-state index is 0.0598. The first-order chi connectivity index (χ1) is 58.8. The second-order valence-electron chi connectivity index (χ2n) is 47.6. The van der Waals surface area contributed by atoms with E-state index < -0.39 is 0 Å². The molecule has 3 aromatic rings. The number of piperidine rings is 3. The van der Waals surface area contributed by atoms with Crippen LogP contribution in [-0.4, -0.2) is 193 Å². The molecule has 3 saturated heterocycles. The highest BCUT2D eigenvalue weighted by Crippen LogP contribution is 2.51. The summed E-state index contributed by atoms with van der Waals surface area (Å²) in [5.74, 6) is 7.87. The van der Waals surface area contributed by atoms with Crippen molar-refractivity contribution in [1.29, 1.82) is 0 Å². The third-order valence-corrected chi connectivity index (χ3v) is 28.1. The van der Waals surface area contributed by atoms with Crippen LogP contribution in [0.5, 0.6) is 0 Å². The van der Waals surface area contributed by atoms with E-state index in [1.165, 1.54) is 12.8 Å². The molecule has 0 atom stereocenters. The molecule has 0 amide bonds. The monoisotopic (exact) mass is 1740 g/mol. The van der Waals surface area contributed by atoms with Gasteiger partial charge in [0.15, 0.2) is 0 Å². The Morgan fingerprint density at radius 3 is 0.512 bits per heavy atom. The Kier molecular flexibility index (Phi) is 40.0. The molecule has 5 fully saturated rings. The fraction of sp³-hybridized carbons (Fsp3) is 0.913. The SMILES string of the molecule is CCCCN(CCCC)c1nc(N(CCCC)CCCC)nc(N(CCCCCCN(c2nc(N(CCCCCCN(c3nc(N(CCCC)CCCC)nc(N(CCCC)CCCC)n3)C3CC(C)(C)NC(C)(C)C3)C3CC(C)(C)CC(C)(C)C3)nc(N(CCCC)C3CC(C)(C)NC(C)(C)C3)n2)C2CC(C)(C)CC(C)(C)C2)C2CC(C)(C)NC(C)(C)C2)n1. The highest BCUT2D eigenvalue weighted by atomic mass is 15.4. The minimum Gasteiger partial charge on any atom is -0.341 e. The van der Waals surface area contributed by atoms with E-state index in [4.69, 9.17) is 44.9 Å². The molecule has 0 unspecified atom stereocenters. The number of nitrogens with zero attached hydrogens (tertiary/aromatic N) is 18. The number of rotatable bonds is 55. The van der Waals surface area contributed by atoms with Crippen LogP contribution in [-0.2, 0) is 0 Å². The molecule has 0 radical (unpaired) electrons. The fourth-order valence-electron chi connectivity index (χ4n) is 24.2. The maximum atomic E-state index is 6.16. The van der Waals surface area contributed by atoms with Gasteiger partial charge in [0.2, 0.25) is 53.5 Å². The number of hydrogen-bond acceptors (Lipinski definition) is 21. The largest absolute Gasteiger partial charge is 0.341 e. The Labute approximate surface area is 769 Å². The summed E-state index contributed by atoms with van der Waals surface area (Å²) in [4.78, 5) is 75.7. The highest BCUT2D eigenvalue weighted by molar-refractivity contribution is 5.52. The van der Waals surface area contributed by atoms with Gasteiger partial charge in [-0.25, -0.2) is 0 Å². The molecule has 0 aromatic carbocycles. The number of anilines is 9. The minimum atomic E-state index is -0.0724. The Balaban J connectivity index is 1.20. The predicted octanol–water partition coefficient (Wildman–Crippen LogP) is 24.4. The van der Waals surface area contributed by atoms with Crippen LogP contribution in [0.1, 0.15) is 445 Å². The van der Waals surface area contributed by atoms with Gasteiger partial charge in [0.1, 0.15) is 0 Å². The van der Waals surface area contributed by atoms with E-state index >= 15 is 0 Å². The van der Waals surface area contributed by atoms with Crippen LogP contribution >= 0.6 is 0 Å². The summed E-state index contributed by atoms with van der Waals surface area (Å²) >= 11 is 0. The second kappa shape index (κ2) is 47.5. The lowest BCUT2D eigenvalue weighted by Gasteiger charge is -2.50. The van der Waals surface area contributed by atoms with Crippen molar-refractivity contribution in [3.63, 3.8) is 0 Å². The normalized spacial score (nSPS) is 20.3. The number of unbranched alkanes of at least 4 members (excludes halogenated alkanes) is 15. The van der Waals surface area contributed by atoms with Gasteiger partial charge in [-0.05, 0) is 265 Å². The van der Waals surface area contributed by atoms with Crippen molar-refractivity contribution in [3.05, 3.63) is 0 Å². The molecule has 718 valence electrons. The van der Waals surface area contributed by atoms with Crippen LogP contribution in [0, 0.1) is 21.7 Å². The molecule has 3 N–H and O–H groups in total. The summed E-state index contributed by atoms with van der Waals surface area (Å²) in [6, 6.07) is 1.29. The molecule has 21 heteroatoms. The lowest BCUT2D eigenvalue weighted by Crippen LogP contribution is -2.62. The van der Waals surface area contributed by atoms with Crippen LogP contribution < -0.4 is 60.0 Å². The van der Waals surface area contributed by atoms with Crippen LogP contribution in [0.25, 0.3) is 0 Å². The summed E-state index contributed by atoms with van der Waals surface area (Å²) in [6.07, 6.45) is 41.7. The Bertz CT molecular complexity index is 3210. The molecule has 3 aliphatic heterocycles. The van der Waals surface area contributed by atoms with Crippen LogP contribution in [0.2, 0.25) is 0 Å². The number of hydrogen-bond donors (Lipinski definition) is 3. The molecule has 3 aromatic heterocycles. The smallest absolute Gasteiger partial charge is 0.232 e. The summed E-state index contributed by atoms with van der Waals surface area (Å²) in [6.45, 7) is 82.3. The number of aromatic nitrogens is 9. The van der Waals surface area contributed by atoms with Gasteiger partial charge in [-0.1, -0.05) is 201 Å². The van der Waals surface area contributed by atoms with Crippen molar-refractivity contribution in [3.8, 4) is 0 Å². The molecular weight excluding hydrogens is 1540 g/mol. The summed E-state index contributed by atoms with van der Waals surface area (Å²) in [5, 5.41) is 12.2. The van der Waals surface area contributed by atoms with Gasteiger partial charge in [0, 0.05) is 149 Å². The van der Waals surface area contributed by atoms with E-state index in [1.54, 1.807) is 0 Å². The molecule has 0 spiro atoms. The van der Waals surface area contributed by atoms with Crippen LogP contribution in [0.3, 0.4) is 0 Å². The summed E-state index contributed by atoms with van der Waals surface area (Å²) < 4.78 is 0. The zero-order valence-electron chi connectivity index (χ0n) is 87.0. The summed E-state index contributed by atoms with van der Waals surface area (Å²) in [5.41, 5.74) is 0.166. The van der Waals surface area contributed by atoms with E-state index in [2.05, 4.69) is 261 Å². The first-order valence-electron chi connectivity index (χ1n) is 52.3. The van der Waals surface area contributed by atoms with Gasteiger partial charge in [0.25, 0.3) is 0 Å². The zero-order chi connectivity index (χ0) is 91.8. The zero-order valence-corrected chi connectivity index (χ0v) is 87.0. The first kappa shape index (κ1) is 105.